The van der Waals surface area contributed by atoms with Crippen molar-refractivity contribution < 1.29 is 13.9 Å². The molecule has 2 aromatic rings. The fraction of sp³-hybridized carbons (Fsp3) is 0.125. The van der Waals surface area contributed by atoms with Gasteiger partial charge in [-0.15, -0.1) is 11.8 Å². The molecule has 0 saturated carbocycles. The molecule has 0 amide bonds. The van der Waals surface area contributed by atoms with Gasteiger partial charge in [0.05, 0.1) is 0 Å². The molecule has 2 rings (SSSR count). The molecule has 0 aliphatic carbocycles. The van der Waals surface area contributed by atoms with Crippen LogP contribution < -0.4 is 4.74 Å². The van der Waals surface area contributed by atoms with Crippen molar-refractivity contribution in [2.24, 2.45) is 0 Å². The third kappa shape index (κ3) is 5.79. The molecular weight excluding hydrogens is 339 g/mol. The van der Waals surface area contributed by atoms with E-state index in [9.17, 15) is 9.18 Å². The first-order chi connectivity index (χ1) is 10.5. The highest BCUT2D eigenvalue weighted by Crippen LogP contribution is 2.28. The topological polar surface area (TPSA) is 26.3 Å². The van der Waals surface area contributed by atoms with E-state index in [-0.39, 0.29) is 11.8 Å². The summed E-state index contributed by atoms with van der Waals surface area (Å²) in [6.45, 7) is 1.37. The molecule has 0 atom stereocenters. The minimum atomic E-state index is -0.334. The predicted molar refractivity (Wildman–Crippen MR) is 93.9 cm³/mol. The van der Waals surface area contributed by atoms with E-state index in [4.69, 9.17) is 17.0 Å². The summed E-state index contributed by atoms with van der Waals surface area (Å²) in [6, 6.07) is 13.6. The Morgan fingerprint density at radius 3 is 2.36 bits per heavy atom. The second-order valence-corrected chi connectivity index (χ2v) is 7.59. The summed E-state index contributed by atoms with van der Waals surface area (Å²) in [5.41, 5.74) is 1.09. The molecular formula is C16H13FO2S3. The summed E-state index contributed by atoms with van der Waals surface area (Å²) in [5.74, 6) is 0.673. The van der Waals surface area contributed by atoms with Gasteiger partial charge >= 0.3 is 5.97 Å². The van der Waals surface area contributed by atoms with Gasteiger partial charge in [0, 0.05) is 17.6 Å². The van der Waals surface area contributed by atoms with Gasteiger partial charge in [-0.2, -0.15) is 0 Å². The number of rotatable bonds is 4. The van der Waals surface area contributed by atoms with Gasteiger partial charge in [0.15, 0.2) is 0 Å². The second-order valence-electron chi connectivity index (χ2n) is 4.33. The smallest absolute Gasteiger partial charge is 0.308 e. The van der Waals surface area contributed by atoms with Gasteiger partial charge in [0.25, 0.3) is 0 Å². The van der Waals surface area contributed by atoms with Crippen LogP contribution >= 0.6 is 35.7 Å². The van der Waals surface area contributed by atoms with E-state index < -0.39 is 0 Å². The number of benzene rings is 2. The molecule has 0 radical (unpaired) electrons. The maximum absolute atomic E-state index is 12.8. The fourth-order valence-corrected chi connectivity index (χ4v) is 3.70. The fourth-order valence-electron chi connectivity index (χ4n) is 1.59. The molecule has 0 saturated heterocycles. The number of carbonyl (C=O) groups is 1. The maximum Gasteiger partial charge on any atom is 0.308 e. The number of thiocarbonyl (C=S) groups is 1. The van der Waals surface area contributed by atoms with Crippen molar-refractivity contribution in [2.45, 2.75) is 17.6 Å². The molecule has 0 bridgehead atoms. The van der Waals surface area contributed by atoms with Crippen LogP contribution in [-0.2, 0) is 10.5 Å². The Morgan fingerprint density at radius 2 is 1.77 bits per heavy atom. The minimum absolute atomic E-state index is 0.254. The Labute approximate surface area is 142 Å². The van der Waals surface area contributed by atoms with Crippen LogP contribution in [0.5, 0.6) is 5.75 Å². The van der Waals surface area contributed by atoms with Crippen LogP contribution in [0.4, 0.5) is 4.39 Å². The number of ether oxygens (including phenoxy) is 1. The molecule has 0 N–H and O–H groups in total. The van der Waals surface area contributed by atoms with Crippen LogP contribution in [0.1, 0.15) is 12.5 Å². The Morgan fingerprint density at radius 1 is 1.14 bits per heavy atom. The Kier molecular flexibility index (Phi) is 6.42. The highest BCUT2D eigenvalue weighted by Gasteiger charge is 2.04. The number of thioether (sulfide) groups is 2. The summed E-state index contributed by atoms with van der Waals surface area (Å²) in [5, 5.41) is 0. The lowest BCUT2D eigenvalue weighted by molar-refractivity contribution is -0.131. The second kappa shape index (κ2) is 8.31. The average molecular weight is 352 g/mol. The monoisotopic (exact) mass is 352 g/mol. The third-order valence-electron chi connectivity index (χ3n) is 2.56. The van der Waals surface area contributed by atoms with Crippen molar-refractivity contribution in [2.75, 3.05) is 0 Å². The zero-order chi connectivity index (χ0) is 15.9. The van der Waals surface area contributed by atoms with Crippen LogP contribution in [0.3, 0.4) is 0 Å². The summed E-state index contributed by atoms with van der Waals surface area (Å²) in [6.07, 6.45) is 0. The van der Waals surface area contributed by atoms with Crippen LogP contribution in [0.15, 0.2) is 53.4 Å². The average Bonchev–Trinajstić information content (AvgIpc) is 2.48. The van der Waals surface area contributed by atoms with Crippen LogP contribution in [-0.4, -0.2) is 9.50 Å². The van der Waals surface area contributed by atoms with Gasteiger partial charge in [-0.05, 0) is 42.0 Å². The van der Waals surface area contributed by atoms with E-state index in [0.29, 0.717) is 5.75 Å². The molecule has 0 spiro atoms. The lowest BCUT2D eigenvalue weighted by Gasteiger charge is -2.05. The van der Waals surface area contributed by atoms with E-state index in [1.54, 1.807) is 36.0 Å². The van der Waals surface area contributed by atoms with E-state index in [0.717, 1.165) is 19.7 Å². The normalized spacial score (nSPS) is 10.3. The predicted octanol–water partition coefficient (Wildman–Crippen LogP) is 5.06. The zero-order valence-corrected chi connectivity index (χ0v) is 14.2. The van der Waals surface area contributed by atoms with Crippen LogP contribution in [0.25, 0.3) is 0 Å². The van der Waals surface area contributed by atoms with Crippen molar-refractivity contribution in [3.8, 4) is 5.75 Å². The molecule has 0 aliphatic heterocycles. The summed E-state index contributed by atoms with van der Waals surface area (Å²) in [4.78, 5) is 11.8. The van der Waals surface area contributed by atoms with Crippen LogP contribution in [0.2, 0.25) is 0 Å². The van der Waals surface area contributed by atoms with Gasteiger partial charge < -0.3 is 4.74 Å². The molecule has 0 aromatic heterocycles. The Hall–Kier alpha value is -1.37. The molecule has 0 aliphatic rings. The Balaban J connectivity index is 1.83. The first-order valence-corrected chi connectivity index (χ1v) is 8.61. The van der Waals surface area contributed by atoms with E-state index in [1.165, 1.54) is 30.8 Å². The highest BCUT2D eigenvalue weighted by atomic mass is 32.2. The molecule has 2 nitrogen and oxygen atoms in total. The highest BCUT2D eigenvalue weighted by molar-refractivity contribution is 8.46. The van der Waals surface area contributed by atoms with E-state index >= 15 is 0 Å². The van der Waals surface area contributed by atoms with Gasteiger partial charge in [-0.3, -0.25) is 4.79 Å². The van der Waals surface area contributed by atoms with E-state index in [2.05, 4.69) is 0 Å². The van der Waals surface area contributed by atoms with Crippen molar-refractivity contribution in [3.63, 3.8) is 0 Å². The van der Waals surface area contributed by atoms with E-state index in [1.807, 2.05) is 12.1 Å². The van der Waals surface area contributed by atoms with Gasteiger partial charge in [-0.25, -0.2) is 4.39 Å². The lowest BCUT2D eigenvalue weighted by Crippen LogP contribution is -2.01. The van der Waals surface area contributed by atoms with Gasteiger partial charge in [0.1, 0.15) is 15.1 Å². The van der Waals surface area contributed by atoms with Gasteiger partial charge in [0.2, 0.25) is 0 Å². The zero-order valence-electron chi connectivity index (χ0n) is 11.7. The molecule has 0 fully saturated rings. The first kappa shape index (κ1) is 17.0. The lowest BCUT2D eigenvalue weighted by atomic mass is 10.2. The van der Waals surface area contributed by atoms with Crippen molar-refractivity contribution in [3.05, 3.63) is 59.9 Å². The molecule has 114 valence electrons. The number of esters is 1. The quantitative estimate of drug-likeness (QED) is 0.332. The molecule has 0 unspecified atom stereocenters. The molecule has 6 heteroatoms. The van der Waals surface area contributed by atoms with Crippen molar-refractivity contribution >= 4 is 45.2 Å². The van der Waals surface area contributed by atoms with Gasteiger partial charge in [-0.1, -0.05) is 36.1 Å². The third-order valence-corrected chi connectivity index (χ3v) is 5.15. The molecule has 22 heavy (non-hydrogen) atoms. The van der Waals surface area contributed by atoms with Crippen LogP contribution in [0, 0.1) is 5.82 Å². The number of hydrogen-bond acceptors (Lipinski definition) is 5. The number of halogens is 1. The van der Waals surface area contributed by atoms with Crippen molar-refractivity contribution in [1.82, 2.24) is 0 Å². The summed E-state index contributed by atoms with van der Waals surface area (Å²) in [7, 11) is 0. The van der Waals surface area contributed by atoms with Crippen molar-refractivity contribution in [1.29, 1.82) is 0 Å². The summed E-state index contributed by atoms with van der Waals surface area (Å²) < 4.78 is 18.6. The first-order valence-electron chi connectivity index (χ1n) is 6.40. The molecule has 2 aromatic carbocycles. The largest absolute Gasteiger partial charge is 0.427 e. The number of carbonyl (C=O) groups excluding carboxylic acids is 1. The minimum Gasteiger partial charge on any atom is -0.427 e. The SMILES string of the molecule is CC(=O)Oc1ccc(CSC(=S)Sc2ccc(F)cc2)cc1. The summed E-state index contributed by atoms with van der Waals surface area (Å²) >= 11 is 8.30. The molecule has 0 heterocycles. The number of hydrogen-bond donors (Lipinski definition) is 0. The Bertz CT molecular complexity index is 654. The maximum atomic E-state index is 12.8. The standard InChI is InChI=1S/C16H13FO2S3/c1-11(18)19-14-6-2-12(3-7-14)10-21-16(20)22-15-8-4-13(17)5-9-15/h2-9H,10H2,1H3.